The number of hydrogen-bond donors (Lipinski definition) is 0. The summed E-state index contributed by atoms with van der Waals surface area (Å²) >= 11 is 0. The molecular weight excluding hydrogens is 933 g/mol. The molecule has 0 saturated heterocycles. The van der Waals surface area contributed by atoms with Gasteiger partial charge in [-0.05, 0) is 162 Å². The van der Waals surface area contributed by atoms with Crippen molar-refractivity contribution in [2.24, 2.45) is 5.92 Å². The molecule has 0 amide bonds. The van der Waals surface area contributed by atoms with Gasteiger partial charge >= 0.3 is 0 Å². The number of hydrogen-bond acceptors (Lipinski definition) is 2. The van der Waals surface area contributed by atoms with Crippen molar-refractivity contribution in [1.29, 1.82) is 0 Å². The van der Waals surface area contributed by atoms with Gasteiger partial charge in [0.25, 0.3) is 0 Å². The van der Waals surface area contributed by atoms with Crippen molar-refractivity contribution in [1.82, 2.24) is 9.13 Å². The van der Waals surface area contributed by atoms with Crippen LogP contribution in [0, 0.1) is 5.92 Å². The summed E-state index contributed by atoms with van der Waals surface area (Å²) in [5, 5.41) is 4.98. The first-order chi connectivity index (χ1) is 38.1. The second-order valence-corrected chi connectivity index (χ2v) is 20.5. The van der Waals surface area contributed by atoms with Crippen LogP contribution in [-0.2, 0) is 0 Å². The standard InChI is InChI=1S/C73H56N4/c1-51-48-57(53-20-8-3-9-21-53)36-45-69(51)75(64-44-47-73-68(50-64)66-27-15-17-29-71(66)77(73)59-24-12-5-13-25-59)62-41-34-56(35-42-62)55-32-39-61(40-33-55)74(60-37-30-54(31-38-60)52-18-6-2-7-19-52)63-43-46-72-67(49-63)65-26-14-16-28-70(65)76(72)58-22-10-4-11-23-58/h2-12,14-24,26-47,49-51H,13,25,48H2,1H3. The minimum Gasteiger partial charge on any atom is -0.314 e. The minimum absolute atomic E-state index is 0.277. The maximum Gasteiger partial charge on any atom is 0.0542 e. The number of allylic oxidation sites excluding steroid dienone is 8. The zero-order chi connectivity index (χ0) is 51.2. The lowest BCUT2D eigenvalue weighted by Crippen LogP contribution is -2.23. The molecule has 4 heteroatoms. The third-order valence-corrected chi connectivity index (χ3v) is 15.8. The van der Waals surface area contributed by atoms with E-state index in [1.165, 1.54) is 82.8 Å². The molecule has 2 aliphatic carbocycles. The van der Waals surface area contributed by atoms with Crippen LogP contribution < -0.4 is 9.80 Å². The van der Waals surface area contributed by atoms with E-state index in [4.69, 9.17) is 0 Å². The molecule has 0 fully saturated rings. The number of aromatic nitrogens is 2. The topological polar surface area (TPSA) is 16.3 Å². The van der Waals surface area contributed by atoms with Crippen molar-refractivity contribution in [3.63, 3.8) is 0 Å². The van der Waals surface area contributed by atoms with Crippen LogP contribution in [-0.4, -0.2) is 9.13 Å². The Balaban J connectivity index is 0.845. The zero-order valence-corrected chi connectivity index (χ0v) is 43.0. The fourth-order valence-corrected chi connectivity index (χ4v) is 12.1. The molecule has 0 aliphatic heterocycles. The van der Waals surface area contributed by atoms with Crippen LogP contribution >= 0.6 is 0 Å². The minimum atomic E-state index is 0.277. The first-order valence-electron chi connectivity index (χ1n) is 27.0. The summed E-state index contributed by atoms with van der Waals surface area (Å²) in [6.45, 7) is 2.38. The van der Waals surface area contributed by atoms with E-state index < -0.39 is 0 Å². The van der Waals surface area contributed by atoms with Gasteiger partial charge in [0.2, 0.25) is 0 Å². The highest BCUT2D eigenvalue weighted by Gasteiger charge is 2.26. The van der Waals surface area contributed by atoms with Gasteiger partial charge in [-0.15, -0.1) is 0 Å². The molecule has 368 valence electrons. The summed E-state index contributed by atoms with van der Waals surface area (Å²) in [7, 11) is 0. The molecule has 2 heterocycles. The fourth-order valence-electron chi connectivity index (χ4n) is 12.1. The molecule has 12 aromatic rings. The molecule has 10 aromatic carbocycles. The first-order valence-corrected chi connectivity index (χ1v) is 27.0. The second kappa shape index (κ2) is 19.6. The molecule has 0 N–H and O–H groups in total. The van der Waals surface area contributed by atoms with Gasteiger partial charge in [0.05, 0.1) is 22.1 Å². The Morgan fingerprint density at radius 3 is 1.35 bits per heavy atom. The molecule has 2 aromatic heterocycles. The Bertz CT molecular complexity index is 4270. The van der Waals surface area contributed by atoms with Crippen LogP contribution in [0.1, 0.15) is 31.7 Å². The average molecular weight is 989 g/mol. The van der Waals surface area contributed by atoms with E-state index in [2.05, 4.69) is 305 Å². The van der Waals surface area contributed by atoms with E-state index in [0.717, 1.165) is 59.0 Å². The van der Waals surface area contributed by atoms with Crippen LogP contribution in [0.15, 0.2) is 285 Å². The van der Waals surface area contributed by atoms with Crippen molar-refractivity contribution in [2.75, 3.05) is 9.80 Å². The number of anilines is 5. The predicted molar refractivity (Wildman–Crippen MR) is 327 cm³/mol. The largest absolute Gasteiger partial charge is 0.314 e. The Morgan fingerprint density at radius 1 is 0.364 bits per heavy atom. The first kappa shape index (κ1) is 45.9. The quantitative estimate of drug-likeness (QED) is 0.128. The maximum absolute atomic E-state index is 2.50. The maximum atomic E-state index is 2.50. The molecule has 2 aliphatic rings. The van der Waals surface area contributed by atoms with Gasteiger partial charge in [0, 0.05) is 73.0 Å². The lowest BCUT2D eigenvalue weighted by Gasteiger charge is -2.34. The Labute approximate surface area is 450 Å². The van der Waals surface area contributed by atoms with Crippen LogP contribution in [0.2, 0.25) is 0 Å². The number of benzene rings is 10. The highest BCUT2D eigenvalue weighted by atomic mass is 15.2. The summed E-state index contributed by atoms with van der Waals surface area (Å²) in [6.07, 6.45) is 14.5. The van der Waals surface area contributed by atoms with Gasteiger partial charge in [-0.1, -0.05) is 177 Å². The predicted octanol–water partition coefficient (Wildman–Crippen LogP) is 20.0. The number of rotatable bonds is 11. The van der Waals surface area contributed by atoms with Crippen molar-refractivity contribution >= 4 is 83.3 Å². The normalized spacial score (nSPS) is 14.5. The molecule has 77 heavy (non-hydrogen) atoms. The van der Waals surface area contributed by atoms with Crippen LogP contribution in [0.25, 0.3) is 82.8 Å². The van der Waals surface area contributed by atoms with Crippen molar-refractivity contribution in [3.05, 3.63) is 290 Å². The summed E-state index contributed by atoms with van der Waals surface area (Å²) in [4.78, 5) is 4.89. The van der Waals surface area contributed by atoms with E-state index in [1.807, 2.05) is 0 Å². The molecule has 1 atom stereocenters. The zero-order valence-electron chi connectivity index (χ0n) is 43.0. The molecule has 0 radical (unpaired) electrons. The van der Waals surface area contributed by atoms with Gasteiger partial charge in [-0.2, -0.15) is 0 Å². The fraction of sp³-hybridized carbons (Fsp3) is 0.0685. The monoisotopic (exact) mass is 988 g/mol. The molecule has 1 unspecified atom stereocenters. The lowest BCUT2D eigenvalue weighted by atomic mass is 9.87. The summed E-state index contributed by atoms with van der Waals surface area (Å²) < 4.78 is 4.86. The molecule has 0 spiro atoms. The highest BCUT2D eigenvalue weighted by molar-refractivity contribution is 6.12. The number of fused-ring (bicyclic) bond motifs is 6. The Morgan fingerprint density at radius 2 is 0.805 bits per heavy atom. The molecule has 4 nitrogen and oxygen atoms in total. The third-order valence-electron chi connectivity index (χ3n) is 15.8. The van der Waals surface area contributed by atoms with Crippen molar-refractivity contribution in [2.45, 2.75) is 26.2 Å². The molecule has 14 rings (SSSR count). The number of para-hydroxylation sites is 3. The summed E-state index contributed by atoms with van der Waals surface area (Å²) in [6, 6.07) is 91.1. The lowest BCUT2D eigenvalue weighted by molar-refractivity contribution is 0.680. The highest BCUT2D eigenvalue weighted by Crippen LogP contribution is 2.45. The van der Waals surface area contributed by atoms with E-state index in [9.17, 15) is 0 Å². The number of nitrogens with zero attached hydrogens (tertiary/aromatic N) is 4. The van der Waals surface area contributed by atoms with Gasteiger partial charge in [0.15, 0.2) is 0 Å². The average Bonchev–Trinajstić information content (AvgIpc) is 4.06. The van der Waals surface area contributed by atoms with E-state index >= 15 is 0 Å². The Kier molecular flexibility index (Phi) is 11.7. The molecule has 0 saturated carbocycles. The van der Waals surface area contributed by atoms with E-state index in [0.29, 0.717) is 0 Å². The van der Waals surface area contributed by atoms with Gasteiger partial charge in [0.1, 0.15) is 0 Å². The third kappa shape index (κ3) is 8.36. The second-order valence-electron chi connectivity index (χ2n) is 20.5. The summed E-state index contributed by atoms with van der Waals surface area (Å²) in [5.41, 5.74) is 21.6. The van der Waals surface area contributed by atoms with Crippen molar-refractivity contribution < 1.29 is 0 Å². The van der Waals surface area contributed by atoms with Gasteiger partial charge < -0.3 is 18.9 Å². The van der Waals surface area contributed by atoms with Gasteiger partial charge in [-0.25, -0.2) is 0 Å². The van der Waals surface area contributed by atoms with Crippen LogP contribution in [0.4, 0.5) is 28.4 Å². The SMILES string of the molecule is CC1CC(c2ccccc2)=CC=C1N(c1ccc(-c2ccc(N(c3ccc(-c4ccccc4)cc3)c3ccc4c(c3)c3ccccc3n4-c3ccccc3)cc2)cc1)c1ccc2c(c1)c1ccccc1n2C1=CC=CCC1. The van der Waals surface area contributed by atoms with Crippen LogP contribution in [0.3, 0.4) is 0 Å². The van der Waals surface area contributed by atoms with E-state index in [-0.39, 0.29) is 5.92 Å². The molecular formula is C73H56N4. The Hall–Kier alpha value is -9.64. The molecule has 0 bridgehead atoms. The smallest absolute Gasteiger partial charge is 0.0542 e. The van der Waals surface area contributed by atoms with E-state index in [1.54, 1.807) is 0 Å². The van der Waals surface area contributed by atoms with Crippen LogP contribution in [0.5, 0.6) is 0 Å². The van der Waals surface area contributed by atoms with Crippen molar-refractivity contribution in [3.8, 4) is 27.9 Å². The summed E-state index contributed by atoms with van der Waals surface area (Å²) in [5.74, 6) is 0.277. The van der Waals surface area contributed by atoms with Gasteiger partial charge in [-0.3, -0.25) is 0 Å².